The first-order valence-corrected chi connectivity index (χ1v) is 5.64. The van der Waals surface area contributed by atoms with E-state index in [9.17, 15) is 0 Å². The molecule has 0 bridgehead atoms. The van der Waals surface area contributed by atoms with Crippen LogP contribution in [0.4, 0.5) is 0 Å². The van der Waals surface area contributed by atoms with Crippen LogP contribution in [0.2, 0.25) is 0 Å². The largest absolute Gasteiger partial charge is 0.329 e. The molecular formula is C11H20N4. The van der Waals surface area contributed by atoms with Crippen LogP contribution < -0.4 is 5.73 Å². The van der Waals surface area contributed by atoms with Gasteiger partial charge in [0.1, 0.15) is 0 Å². The lowest BCUT2D eigenvalue weighted by molar-refractivity contribution is 0.250. The summed E-state index contributed by atoms with van der Waals surface area (Å²) in [5, 5.41) is 4.36. The zero-order chi connectivity index (χ0) is 10.8. The standard InChI is InChI=1S/C11H20N4/c1-9-10(7-14(2)13-9)8-15-5-3-4-11(15)6-12/h7,11H,3-6,8,12H2,1-2H3. The van der Waals surface area contributed by atoms with Gasteiger partial charge in [0.25, 0.3) is 0 Å². The number of aromatic nitrogens is 2. The van der Waals surface area contributed by atoms with Crippen molar-refractivity contribution in [3.63, 3.8) is 0 Å². The van der Waals surface area contributed by atoms with Gasteiger partial charge in [-0.15, -0.1) is 0 Å². The summed E-state index contributed by atoms with van der Waals surface area (Å²) in [6.45, 7) is 5.03. The maximum absolute atomic E-state index is 5.76. The van der Waals surface area contributed by atoms with Gasteiger partial charge in [0.2, 0.25) is 0 Å². The number of hydrogen-bond donors (Lipinski definition) is 1. The van der Waals surface area contributed by atoms with Crippen molar-refractivity contribution in [3.8, 4) is 0 Å². The van der Waals surface area contributed by atoms with Gasteiger partial charge in [-0.25, -0.2) is 0 Å². The van der Waals surface area contributed by atoms with Gasteiger partial charge in [-0.3, -0.25) is 9.58 Å². The second kappa shape index (κ2) is 4.33. The van der Waals surface area contributed by atoms with E-state index in [1.807, 2.05) is 11.7 Å². The summed E-state index contributed by atoms with van der Waals surface area (Å²) in [5.74, 6) is 0. The lowest BCUT2D eigenvalue weighted by Gasteiger charge is -2.22. The van der Waals surface area contributed by atoms with Crippen LogP contribution in [-0.2, 0) is 13.6 Å². The molecule has 1 aromatic rings. The first-order valence-electron chi connectivity index (χ1n) is 5.64. The average molecular weight is 208 g/mol. The Morgan fingerprint density at radius 3 is 3.00 bits per heavy atom. The summed E-state index contributed by atoms with van der Waals surface area (Å²) in [6, 6.07) is 0.574. The molecule has 0 aliphatic carbocycles. The van der Waals surface area contributed by atoms with Crippen molar-refractivity contribution in [1.29, 1.82) is 0 Å². The van der Waals surface area contributed by atoms with Crippen molar-refractivity contribution in [2.45, 2.75) is 32.4 Å². The minimum absolute atomic E-state index is 0.574. The van der Waals surface area contributed by atoms with Crippen LogP contribution in [0.25, 0.3) is 0 Å². The topological polar surface area (TPSA) is 47.1 Å². The van der Waals surface area contributed by atoms with Crippen molar-refractivity contribution >= 4 is 0 Å². The minimum atomic E-state index is 0.574. The number of hydrogen-bond acceptors (Lipinski definition) is 3. The molecule has 0 amide bonds. The summed E-state index contributed by atoms with van der Waals surface area (Å²) in [7, 11) is 1.97. The third-order valence-electron chi connectivity index (χ3n) is 3.26. The van der Waals surface area contributed by atoms with Crippen LogP contribution in [0.15, 0.2) is 6.20 Å². The SMILES string of the molecule is Cc1nn(C)cc1CN1CCCC1CN. The first kappa shape index (κ1) is 10.6. The van der Waals surface area contributed by atoms with E-state index in [0.29, 0.717) is 6.04 Å². The maximum atomic E-state index is 5.76. The zero-order valence-electron chi connectivity index (χ0n) is 9.61. The average Bonchev–Trinajstić information content (AvgIpc) is 2.74. The quantitative estimate of drug-likeness (QED) is 0.793. The van der Waals surface area contributed by atoms with Crippen molar-refractivity contribution in [2.24, 2.45) is 12.8 Å². The van der Waals surface area contributed by atoms with E-state index in [4.69, 9.17) is 5.73 Å². The fourth-order valence-corrected chi connectivity index (χ4v) is 2.39. The predicted molar refractivity (Wildman–Crippen MR) is 60.4 cm³/mol. The van der Waals surface area contributed by atoms with Crippen molar-refractivity contribution in [1.82, 2.24) is 14.7 Å². The molecule has 1 aliphatic heterocycles. The van der Waals surface area contributed by atoms with Crippen LogP contribution in [0.3, 0.4) is 0 Å². The molecule has 4 heteroatoms. The molecule has 0 spiro atoms. The highest BCUT2D eigenvalue weighted by atomic mass is 15.3. The summed E-state index contributed by atoms with van der Waals surface area (Å²) in [6.07, 6.45) is 4.64. The third kappa shape index (κ3) is 2.21. The molecule has 0 aromatic carbocycles. The Morgan fingerprint density at radius 2 is 2.40 bits per heavy atom. The number of likely N-dealkylation sites (tertiary alicyclic amines) is 1. The Kier molecular flexibility index (Phi) is 3.07. The van der Waals surface area contributed by atoms with Crippen LogP contribution in [-0.4, -0.2) is 33.8 Å². The number of nitrogens with zero attached hydrogens (tertiary/aromatic N) is 3. The molecule has 4 nitrogen and oxygen atoms in total. The summed E-state index contributed by atoms with van der Waals surface area (Å²) in [5.41, 5.74) is 8.23. The molecule has 1 unspecified atom stereocenters. The molecule has 0 saturated carbocycles. The molecule has 2 N–H and O–H groups in total. The summed E-state index contributed by atoms with van der Waals surface area (Å²) < 4.78 is 1.89. The number of nitrogens with two attached hydrogens (primary N) is 1. The Balaban J connectivity index is 2.05. The van der Waals surface area contributed by atoms with Gasteiger partial charge in [-0.1, -0.05) is 0 Å². The molecule has 1 saturated heterocycles. The van der Waals surface area contributed by atoms with E-state index in [-0.39, 0.29) is 0 Å². The van der Waals surface area contributed by atoms with Gasteiger partial charge in [0.15, 0.2) is 0 Å². The minimum Gasteiger partial charge on any atom is -0.329 e. The van der Waals surface area contributed by atoms with Gasteiger partial charge >= 0.3 is 0 Å². The monoisotopic (exact) mass is 208 g/mol. The molecule has 2 heterocycles. The van der Waals surface area contributed by atoms with Crippen LogP contribution in [0.5, 0.6) is 0 Å². The van der Waals surface area contributed by atoms with E-state index in [1.165, 1.54) is 24.9 Å². The predicted octanol–water partition coefficient (Wildman–Crippen LogP) is 0.652. The molecule has 1 atom stereocenters. The van der Waals surface area contributed by atoms with Crippen LogP contribution >= 0.6 is 0 Å². The highest BCUT2D eigenvalue weighted by molar-refractivity contribution is 5.15. The Labute approximate surface area is 91.1 Å². The molecular weight excluding hydrogens is 188 g/mol. The lowest BCUT2D eigenvalue weighted by atomic mass is 10.2. The van der Waals surface area contributed by atoms with Gasteiger partial charge in [-0.05, 0) is 26.3 Å². The van der Waals surface area contributed by atoms with Gasteiger partial charge in [-0.2, -0.15) is 5.10 Å². The highest BCUT2D eigenvalue weighted by Gasteiger charge is 2.23. The summed E-state index contributed by atoms with van der Waals surface area (Å²) in [4.78, 5) is 2.48. The smallest absolute Gasteiger partial charge is 0.0638 e. The van der Waals surface area contributed by atoms with Crippen molar-refractivity contribution in [2.75, 3.05) is 13.1 Å². The molecule has 84 valence electrons. The Morgan fingerprint density at radius 1 is 1.60 bits per heavy atom. The molecule has 15 heavy (non-hydrogen) atoms. The fourth-order valence-electron chi connectivity index (χ4n) is 2.39. The van der Waals surface area contributed by atoms with Gasteiger partial charge in [0.05, 0.1) is 5.69 Å². The molecule has 2 rings (SSSR count). The van der Waals surface area contributed by atoms with E-state index in [2.05, 4.69) is 23.1 Å². The third-order valence-corrected chi connectivity index (χ3v) is 3.26. The van der Waals surface area contributed by atoms with Gasteiger partial charge < -0.3 is 5.73 Å². The van der Waals surface area contributed by atoms with Gasteiger partial charge in [0, 0.05) is 37.9 Å². The molecule has 0 radical (unpaired) electrons. The van der Waals surface area contributed by atoms with Crippen LogP contribution in [0.1, 0.15) is 24.1 Å². The Hall–Kier alpha value is -0.870. The Bertz CT molecular complexity index is 331. The maximum Gasteiger partial charge on any atom is 0.0638 e. The first-order chi connectivity index (χ1) is 7.20. The fraction of sp³-hybridized carbons (Fsp3) is 0.727. The molecule has 1 aromatic heterocycles. The second-order valence-electron chi connectivity index (χ2n) is 4.42. The molecule has 1 aliphatic rings. The highest BCUT2D eigenvalue weighted by Crippen LogP contribution is 2.20. The van der Waals surface area contributed by atoms with E-state index < -0.39 is 0 Å². The number of rotatable bonds is 3. The van der Waals surface area contributed by atoms with Crippen molar-refractivity contribution in [3.05, 3.63) is 17.5 Å². The van der Waals surface area contributed by atoms with E-state index in [1.54, 1.807) is 0 Å². The normalized spacial score (nSPS) is 22.5. The second-order valence-corrected chi connectivity index (χ2v) is 4.42. The van der Waals surface area contributed by atoms with Crippen molar-refractivity contribution < 1.29 is 0 Å². The summed E-state index contributed by atoms with van der Waals surface area (Å²) >= 11 is 0. The van der Waals surface area contributed by atoms with Crippen LogP contribution in [0, 0.1) is 6.92 Å². The van der Waals surface area contributed by atoms with E-state index >= 15 is 0 Å². The lowest BCUT2D eigenvalue weighted by Crippen LogP contribution is -2.34. The zero-order valence-corrected chi connectivity index (χ0v) is 9.61. The number of aryl methyl sites for hydroxylation is 2. The molecule has 1 fully saturated rings. The van der Waals surface area contributed by atoms with E-state index in [0.717, 1.165) is 18.8 Å².